The van der Waals surface area contributed by atoms with Gasteiger partial charge in [0, 0.05) is 24.7 Å². The van der Waals surface area contributed by atoms with E-state index >= 15 is 0 Å². The molecule has 148 valence electrons. The van der Waals surface area contributed by atoms with Crippen LogP contribution in [0, 0.1) is 11.8 Å². The summed E-state index contributed by atoms with van der Waals surface area (Å²) in [6, 6.07) is 0. The Labute approximate surface area is 157 Å². The lowest BCUT2D eigenvalue weighted by atomic mass is 9.90. The highest BCUT2D eigenvalue weighted by molar-refractivity contribution is 5.84. The second kappa shape index (κ2) is 12.8. The van der Waals surface area contributed by atoms with Crippen molar-refractivity contribution in [3.63, 3.8) is 0 Å². The van der Waals surface area contributed by atoms with E-state index < -0.39 is 12.2 Å². The Hall–Kier alpha value is -1.46. The minimum Gasteiger partial charge on any atom is -0.469 e. The van der Waals surface area contributed by atoms with Crippen LogP contribution in [0.5, 0.6) is 0 Å². The molecule has 0 heterocycles. The molecule has 0 aromatic carbocycles. The van der Waals surface area contributed by atoms with E-state index in [0.717, 1.165) is 32.1 Å². The van der Waals surface area contributed by atoms with Crippen LogP contribution in [-0.4, -0.2) is 41.3 Å². The van der Waals surface area contributed by atoms with Crippen LogP contribution < -0.4 is 0 Å². The lowest BCUT2D eigenvalue weighted by Gasteiger charge is -2.16. The van der Waals surface area contributed by atoms with Crippen molar-refractivity contribution in [3.05, 3.63) is 24.3 Å². The molecule has 0 aromatic rings. The van der Waals surface area contributed by atoms with Crippen molar-refractivity contribution < 1.29 is 24.5 Å². The van der Waals surface area contributed by atoms with Crippen LogP contribution in [0.4, 0.5) is 0 Å². The van der Waals surface area contributed by atoms with E-state index in [-0.39, 0.29) is 30.0 Å². The molecule has 1 saturated carbocycles. The fourth-order valence-corrected chi connectivity index (χ4v) is 3.31. The van der Waals surface area contributed by atoms with Gasteiger partial charge >= 0.3 is 5.97 Å². The van der Waals surface area contributed by atoms with Crippen LogP contribution in [0.3, 0.4) is 0 Å². The average Bonchev–Trinajstić information content (AvgIpc) is 2.89. The number of allylic oxidation sites excluding steroid dienone is 2. The molecule has 4 atom stereocenters. The van der Waals surface area contributed by atoms with E-state index in [4.69, 9.17) is 0 Å². The maximum atomic E-state index is 12.1. The fourth-order valence-electron chi connectivity index (χ4n) is 3.31. The van der Waals surface area contributed by atoms with Gasteiger partial charge in [0.15, 0.2) is 0 Å². The summed E-state index contributed by atoms with van der Waals surface area (Å²) in [7, 11) is 1.38. The van der Waals surface area contributed by atoms with Gasteiger partial charge in [0.05, 0.1) is 19.3 Å². The molecule has 0 aromatic heterocycles. The predicted octanol–water partition coefficient (Wildman–Crippen LogP) is 3.34. The molecule has 1 aliphatic rings. The standard InChI is InChI=1S/C21H34O5/c1-3-4-7-10-16(22)13-14-18-17(19(23)15-20(18)24)11-8-5-6-9-12-21(25)26-2/h5,8,13-14,16-18,20,22,24H,3-4,6-7,9-12,15H2,1-2H3/b8-5-,14-13+/t16-,17+,18+,20+/m0/s1. The van der Waals surface area contributed by atoms with Gasteiger partial charge in [0.2, 0.25) is 0 Å². The van der Waals surface area contributed by atoms with Crippen molar-refractivity contribution >= 4 is 11.8 Å². The molecular formula is C21H34O5. The summed E-state index contributed by atoms with van der Waals surface area (Å²) in [5.41, 5.74) is 0. The molecule has 0 aliphatic heterocycles. The van der Waals surface area contributed by atoms with Gasteiger partial charge < -0.3 is 14.9 Å². The van der Waals surface area contributed by atoms with Crippen LogP contribution in [0.15, 0.2) is 24.3 Å². The zero-order valence-corrected chi connectivity index (χ0v) is 16.1. The first-order valence-electron chi connectivity index (χ1n) is 9.78. The quantitative estimate of drug-likeness (QED) is 0.314. The highest BCUT2D eigenvalue weighted by Crippen LogP contribution is 2.33. The molecule has 5 heteroatoms. The van der Waals surface area contributed by atoms with Gasteiger partial charge in [0.25, 0.3) is 0 Å². The van der Waals surface area contributed by atoms with Crippen LogP contribution in [0.25, 0.3) is 0 Å². The normalized spacial score (nSPS) is 24.6. The fraction of sp³-hybridized carbons (Fsp3) is 0.714. The number of aliphatic hydroxyl groups excluding tert-OH is 2. The second-order valence-corrected chi connectivity index (χ2v) is 7.05. The number of carbonyl (C=O) groups is 2. The highest BCUT2D eigenvalue weighted by Gasteiger charge is 2.39. The third kappa shape index (κ3) is 8.28. The van der Waals surface area contributed by atoms with E-state index in [1.807, 2.05) is 18.2 Å². The van der Waals surface area contributed by atoms with Gasteiger partial charge in [-0.05, 0) is 25.7 Å². The Morgan fingerprint density at radius 2 is 2.08 bits per heavy atom. The molecule has 0 bridgehead atoms. The molecular weight excluding hydrogens is 332 g/mol. The number of hydrogen-bond donors (Lipinski definition) is 2. The number of esters is 1. The van der Waals surface area contributed by atoms with Gasteiger partial charge in [-0.1, -0.05) is 50.5 Å². The number of ketones is 1. The van der Waals surface area contributed by atoms with Gasteiger partial charge in [-0.3, -0.25) is 9.59 Å². The number of ether oxygens (including phenoxy) is 1. The molecule has 5 nitrogen and oxygen atoms in total. The first-order valence-corrected chi connectivity index (χ1v) is 9.78. The van der Waals surface area contributed by atoms with Crippen LogP contribution in [0.1, 0.15) is 64.7 Å². The van der Waals surface area contributed by atoms with Crippen LogP contribution in [-0.2, 0) is 14.3 Å². The largest absolute Gasteiger partial charge is 0.469 e. The summed E-state index contributed by atoms with van der Waals surface area (Å²) in [6.45, 7) is 2.12. The Morgan fingerprint density at radius 3 is 2.77 bits per heavy atom. The van der Waals surface area contributed by atoms with Gasteiger partial charge in [-0.15, -0.1) is 0 Å². The first kappa shape index (κ1) is 22.6. The van der Waals surface area contributed by atoms with Crippen molar-refractivity contribution in [2.75, 3.05) is 7.11 Å². The minimum atomic E-state index is -0.667. The summed E-state index contributed by atoms with van der Waals surface area (Å²) in [5.74, 6) is -0.606. The molecule has 0 radical (unpaired) electrons. The Kier molecular flexibility index (Phi) is 11.1. The molecule has 1 aliphatic carbocycles. The van der Waals surface area contributed by atoms with Crippen molar-refractivity contribution in [1.29, 1.82) is 0 Å². The summed E-state index contributed by atoms with van der Waals surface area (Å²) >= 11 is 0. The maximum Gasteiger partial charge on any atom is 0.305 e. The summed E-state index contributed by atoms with van der Waals surface area (Å²) in [5, 5.41) is 20.2. The molecule has 0 spiro atoms. The van der Waals surface area contributed by atoms with E-state index in [0.29, 0.717) is 19.3 Å². The van der Waals surface area contributed by atoms with Crippen molar-refractivity contribution in [2.45, 2.75) is 76.9 Å². The third-order valence-electron chi connectivity index (χ3n) is 4.93. The smallest absolute Gasteiger partial charge is 0.305 e. The Morgan fingerprint density at radius 1 is 1.31 bits per heavy atom. The Bertz CT molecular complexity index is 483. The topological polar surface area (TPSA) is 83.8 Å². The van der Waals surface area contributed by atoms with Crippen LogP contribution >= 0.6 is 0 Å². The van der Waals surface area contributed by atoms with Crippen molar-refractivity contribution in [3.8, 4) is 0 Å². The molecule has 1 rings (SSSR count). The summed E-state index contributed by atoms with van der Waals surface area (Å²) in [6.07, 6.45) is 12.8. The SMILES string of the molecule is CCCCC[C@H](O)/C=C/[C@H]1[C@H](O)CC(=O)[C@@H]1C/C=C\CCCC(=O)OC. The van der Waals surface area contributed by atoms with Crippen molar-refractivity contribution in [2.24, 2.45) is 11.8 Å². The van der Waals surface area contributed by atoms with Crippen molar-refractivity contribution in [1.82, 2.24) is 0 Å². The number of rotatable bonds is 12. The van der Waals surface area contributed by atoms with E-state index in [1.54, 1.807) is 6.08 Å². The average molecular weight is 366 g/mol. The zero-order valence-electron chi connectivity index (χ0n) is 16.1. The zero-order chi connectivity index (χ0) is 19.4. The molecule has 1 fully saturated rings. The number of unbranched alkanes of at least 4 members (excludes halogenated alkanes) is 3. The Balaban J connectivity index is 2.46. The van der Waals surface area contributed by atoms with E-state index in [9.17, 15) is 19.8 Å². The lowest BCUT2D eigenvalue weighted by molar-refractivity contribution is -0.140. The monoisotopic (exact) mass is 366 g/mol. The molecule has 26 heavy (non-hydrogen) atoms. The number of carbonyl (C=O) groups excluding carboxylic acids is 2. The number of methoxy groups -OCH3 is 1. The number of Topliss-reactive ketones (excluding diaryl/α,β-unsaturated/α-hetero) is 1. The van der Waals surface area contributed by atoms with Gasteiger partial charge in [-0.2, -0.15) is 0 Å². The predicted molar refractivity (Wildman–Crippen MR) is 102 cm³/mol. The molecule has 2 N–H and O–H groups in total. The maximum absolute atomic E-state index is 12.1. The second-order valence-electron chi connectivity index (χ2n) is 7.05. The molecule has 0 amide bonds. The summed E-state index contributed by atoms with van der Waals surface area (Å²) < 4.78 is 4.59. The van der Waals surface area contributed by atoms with E-state index in [2.05, 4.69) is 11.7 Å². The number of aliphatic hydroxyl groups is 2. The minimum absolute atomic E-state index is 0.0758. The van der Waals surface area contributed by atoms with Gasteiger partial charge in [0.1, 0.15) is 5.78 Å². The highest BCUT2D eigenvalue weighted by atomic mass is 16.5. The molecule has 0 saturated heterocycles. The summed E-state index contributed by atoms with van der Waals surface area (Å²) in [4.78, 5) is 23.2. The first-order chi connectivity index (χ1) is 12.5. The van der Waals surface area contributed by atoms with Gasteiger partial charge in [-0.25, -0.2) is 0 Å². The number of hydrogen-bond acceptors (Lipinski definition) is 5. The van der Waals surface area contributed by atoms with E-state index in [1.165, 1.54) is 7.11 Å². The van der Waals surface area contributed by atoms with Crippen LogP contribution in [0.2, 0.25) is 0 Å². The third-order valence-corrected chi connectivity index (χ3v) is 4.93. The molecule has 0 unspecified atom stereocenters. The lowest BCUT2D eigenvalue weighted by Crippen LogP contribution is -2.18.